The van der Waals surface area contributed by atoms with E-state index in [0.717, 1.165) is 0 Å². The molecule has 5 heteroatoms. The van der Waals surface area contributed by atoms with Crippen LogP contribution in [0.4, 0.5) is 0 Å². The monoisotopic (exact) mass is 252 g/mol. The van der Waals surface area contributed by atoms with Gasteiger partial charge in [0.2, 0.25) is 0 Å². The summed E-state index contributed by atoms with van der Waals surface area (Å²) >= 11 is 0. The van der Waals surface area contributed by atoms with Gasteiger partial charge in [0, 0.05) is 6.42 Å². The number of methoxy groups -OCH3 is 2. The van der Waals surface area contributed by atoms with Gasteiger partial charge in [-0.15, -0.1) is 0 Å². The summed E-state index contributed by atoms with van der Waals surface area (Å²) in [5, 5.41) is 0. The van der Waals surface area contributed by atoms with E-state index in [1.165, 1.54) is 26.4 Å². The Labute approximate surface area is 106 Å². The maximum Gasteiger partial charge on any atom is 0.345 e. The van der Waals surface area contributed by atoms with Crippen LogP contribution in [0.25, 0.3) is 0 Å². The lowest BCUT2D eigenvalue weighted by Crippen LogP contribution is -2.12. The Kier molecular flexibility index (Phi) is 5.17. The second kappa shape index (κ2) is 6.64. The first-order chi connectivity index (χ1) is 8.62. The van der Waals surface area contributed by atoms with Crippen molar-refractivity contribution in [2.24, 2.45) is 0 Å². The molecule has 0 unspecified atom stereocenters. The molecule has 0 amide bonds. The van der Waals surface area contributed by atoms with Crippen LogP contribution >= 0.6 is 0 Å². The molecular formula is C13H16O5. The van der Waals surface area contributed by atoms with Gasteiger partial charge in [-0.3, -0.25) is 4.79 Å². The zero-order valence-corrected chi connectivity index (χ0v) is 10.7. The molecule has 0 bridgehead atoms. The molecule has 0 aliphatic carbocycles. The maximum absolute atomic E-state index is 11.7. The summed E-state index contributed by atoms with van der Waals surface area (Å²) in [6.07, 6.45) is 0.858. The molecule has 98 valence electrons. The van der Waals surface area contributed by atoms with Crippen molar-refractivity contribution in [1.29, 1.82) is 0 Å². The molecule has 0 fully saturated rings. The van der Waals surface area contributed by atoms with Crippen LogP contribution in [0, 0.1) is 0 Å². The Bertz CT molecular complexity index is 439. The third-order valence-corrected chi connectivity index (χ3v) is 2.28. The first kappa shape index (κ1) is 14.0. The van der Waals surface area contributed by atoms with Gasteiger partial charge in [-0.1, -0.05) is 6.92 Å². The summed E-state index contributed by atoms with van der Waals surface area (Å²) in [7, 11) is 2.97. The SMILES string of the molecule is CCCC(=O)OC(=O)c1ccc(OC)c(OC)c1. The van der Waals surface area contributed by atoms with Crippen molar-refractivity contribution in [2.75, 3.05) is 14.2 Å². The van der Waals surface area contributed by atoms with Gasteiger partial charge in [0.05, 0.1) is 19.8 Å². The number of hydrogen-bond acceptors (Lipinski definition) is 5. The second-order valence-electron chi connectivity index (χ2n) is 3.58. The second-order valence-corrected chi connectivity index (χ2v) is 3.58. The van der Waals surface area contributed by atoms with Crippen molar-refractivity contribution < 1.29 is 23.8 Å². The molecule has 0 heterocycles. The van der Waals surface area contributed by atoms with E-state index in [2.05, 4.69) is 4.74 Å². The Morgan fingerprint density at radius 2 is 1.78 bits per heavy atom. The largest absolute Gasteiger partial charge is 0.493 e. The van der Waals surface area contributed by atoms with Gasteiger partial charge < -0.3 is 14.2 Å². The fourth-order valence-corrected chi connectivity index (χ4v) is 1.38. The van der Waals surface area contributed by atoms with Crippen LogP contribution in [0.5, 0.6) is 11.5 Å². The molecule has 1 rings (SSSR count). The minimum absolute atomic E-state index is 0.221. The molecule has 0 radical (unpaired) electrons. The third-order valence-electron chi connectivity index (χ3n) is 2.28. The summed E-state index contributed by atoms with van der Waals surface area (Å²) in [6, 6.07) is 4.57. The lowest BCUT2D eigenvalue weighted by atomic mass is 10.2. The normalized spacial score (nSPS) is 9.72. The summed E-state index contributed by atoms with van der Waals surface area (Å²) in [6.45, 7) is 1.84. The molecule has 5 nitrogen and oxygen atoms in total. The van der Waals surface area contributed by atoms with E-state index in [0.29, 0.717) is 17.9 Å². The van der Waals surface area contributed by atoms with Gasteiger partial charge in [0.25, 0.3) is 0 Å². The van der Waals surface area contributed by atoms with Crippen molar-refractivity contribution in [3.8, 4) is 11.5 Å². The predicted octanol–water partition coefficient (Wildman–Crippen LogP) is 2.19. The molecule has 0 aliphatic heterocycles. The molecule has 0 spiro atoms. The summed E-state index contributed by atoms with van der Waals surface area (Å²) < 4.78 is 14.8. The van der Waals surface area contributed by atoms with Gasteiger partial charge >= 0.3 is 11.9 Å². The van der Waals surface area contributed by atoms with Crippen molar-refractivity contribution in [2.45, 2.75) is 19.8 Å². The Balaban J connectivity index is 2.83. The zero-order valence-electron chi connectivity index (χ0n) is 10.7. The highest BCUT2D eigenvalue weighted by molar-refractivity contribution is 5.97. The van der Waals surface area contributed by atoms with Crippen LogP contribution in [0.3, 0.4) is 0 Å². The molecule has 1 aromatic carbocycles. The minimum Gasteiger partial charge on any atom is -0.493 e. The van der Waals surface area contributed by atoms with Crippen LogP contribution in [0.2, 0.25) is 0 Å². The number of esters is 2. The zero-order chi connectivity index (χ0) is 13.5. The molecule has 18 heavy (non-hydrogen) atoms. The van der Waals surface area contributed by atoms with Gasteiger partial charge in [0.1, 0.15) is 0 Å². The Morgan fingerprint density at radius 3 is 2.33 bits per heavy atom. The van der Waals surface area contributed by atoms with Gasteiger partial charge in [-0.2, -0.15) is 0 Å². The van der Waals surface area contributed by atoms with E-state index in [4.69, 9.17) is 9.47 Å². The van der Waals surface area contributed by atoms with E-state index in [-0.39, 0.29) is 12.0 Å². The number of ether oxygens (including phenoxy) is 3. The molecule has 0 saturated carbocycles. The van der Waals surface area contributed by atoms with Crippen molar-refractivity contribution >= 4 is 11.9 Å². The Morgan fingerprint density at radius 1 is 1.11 bits per heavy atom. The average Bonchev–Trinajstić information content (AvgIpc) is 2.38. The first-order valence-corrected chi connectivity index (χ1v) is 5.59. The van der Waals surface area contributed by atoms with Crippen LogP contribution in [-0.4, -0.2) is 26.2 Å². The first-order valence-electron chi connectivity index (χ1n) is 5.59. The smallest absolute Gasteiger partial charge is 0.345 e. The molecule has 1 aromatic rings. The highest BCUT2D eigenvalue weighted by Gasteiger charge is 2.14. The van der Waals surface area contributed by atoms with Crippen LogP contribution < -0.4 is 9.47 Å². The number of benzene rings is 1. The number of hydrogen-bond donors (Lipinski definition) is 0. The van der Waals surface area contributed by atoms with Crippen LogP contribution in [-0.2, 0) is 9.53 Å². The summed E-state index contributed by atoms with van der Waals surface area (Å²) in [5.74, 6) is -0.296. The lowest BCUT2D eigenvalue weighted by molar-refractivity contribution is -0.137. The van der Waals surface area contributed by atoms with Crippen molar-refractivity contribution in [3.05, 3.63) is 23.8 Å². The van der Waals surface area contributed by atoms with E-state index in [9.17, 15) is 9.59 Å². The molecule has 0 saturated heterocycles. The third kappa shape index (κ3) is 3.48. The molecule has 0 atom stereocenters. The lowest BCUT2D eigenvalue weighted by Gasteiger charge is -2.08. The predicted molar refractivity (Wildman–Crippen MR) is 64.9 cm³/mol. The number of rotatable bonds is 5. The van der Waals surface area contributed by atoms with E-state index < -0.39 is 11.9 Å². The van der Waals surface area contributed by atoms with Gasteiger partial charge in [-0.05, 0) is 24.6 Å². The fourth-order valence-electron chi connectivity index (χ4n) is 1.38. The van der Waals surface area contributed by atoms with Gasteiger partial charge in [-0.25, -0.2) is 4.79 Å². The van der Waals surface area contributed by atoms with Crippen molar-refractivity contribution in [1.82, 2.24) is 0 Å². The maximum atomic E-state index is 11.7. The van der Waals surface area contributed by atoms with E-state index in [1.807, 2.05) is 6.92 Å². The average molecular weight is 252 g/mol. The summed E-state index contributed by atoms with van der Waals surface area (Å²) in [5.41, 5.74) is 0.247. The topological polar surface area (TPSA) is 61.8 Å². The van der Waals surface area contributed by atoms with Crippen molar-refractivity contribution in [3.63, 3.8) is 0 Å². The molecule has 0 aliphatic rings. The number of carbonyl (C=O) groups excluding carboxylic acids is 2. The highest BCUT2D eigenvalue weighted by atomic mass is 16.6. The van der Waals surface area contributed by atoms with Crippen LogP contribution in [0.1, 0.15) is 30.1 Å². The molecule has 0 N–H and O–H groups in total. The summed E-state index contributed by atoms with van der Waals surface area (Å²) in [4.78, 5) is 22.9. The number of carbonyl (C=O) groups is 2. The van der Waals surface area contributed by atoms with Gasteiger partial charge in [0.15, 0.2) is 11.5 Å². The Hall–Kier alpha value is -2.04. The highest BCUT2D eigenvalue weighted by Crippen LogP contribution is 2.27. The minimum atomic E-state index is -0.686. The fraction of sp³-hybridized carbons (Fsp3) is 0.385. The van der Waals surface area contributed by atoms with Crippen LogP contribution in [0.15, 0.2) is 18.2 Å². The molecule has 0 aromatic heterocycles. The molecular weight excluding hydrogens is 236 g/mol. The quantitative estimate of drug-likeness (QED) is 0.593. The standard InChI is InChI=1S/C13H16O5/c1-4-5-12(14)18-13(15)9-6-7-10(16-2)11(8-9)17-3/h6-8H,4-5H2,1-3H3. The van der Waals surface area contributed by atoms with E-state index >= 15 is 0 Å². The van der Waals surface area contributed by atoms with E-state index in [1.54, 1.807) is 6.07 Å².